The van der Waals surface area contributed by atoms with Crippen molar-refractivity contribution in [2.24, 2.45) is 4.99 Å². The van der Waals surface area contributed by atoms with E-state index >= 15 is 0 Å². The number of carbonyl (C=O) groups is 2. The summed E-state index contributed by atoms with van der Waals surface area (Å²) in [5.41, 5.74) is 0.693. The number of nitrogens with zero attached hydrogens (tertiary/aromatic N) is 2. The highest BCUT2D eigenvalue weighted by atomic mass is 32.1. The molecule has 0 atom stereocenters. The zero-order chi connectivity index (χ0) is 25.2. The number of esters is 1. The van der Waals surface area contributed by atoms with Crippen LogP contribution in [-0.2, 0) is 16.0 Å². The molecule has 0 fully saturated rings. The van der Waals surface area contributed by atoms with Gasteiger partial charge in [0, 0.05) is 19.0 Å². The first kappa shape index (κ1) is 23.7. The summed E-state index contributed by atoms with van der Waals surface area (Å²) in [5.74, 6) is -1.13. The smallest absolute Gasteiger partial charge is 0.349 e. The lowest BCUT2D eigenvalue weighted by atomic mass is 10.0. The molecular weight excluding hydrogens is 480 g/mol. The normalized spacial score (nSPS) is 12.0. The van der Waals surface area contributed by atoms with Crippen molar-refractivity contribution in [1.29, 1.82) is 0 Å². The van der Waals surface area contributed by atoms with E-state index in [0.29, 0.717) is 34.5 Å². The zero-order valence-corrected chi connectivity index (χ0v) is 20.5. The molecular formula is C27H22N2O6S. The van der Waals surface area contributed by atoms with Crippen LogP contribution in [0, 0.1) is 0 Å². The van der Waals surface area contributed by atoms with Gasteiger partial charge in [0.2, 0.25) is 0 Å². The molecule has 5 rings (SSSR count). The molecule has 3 aromatic carbocycles. The highest BCUT2D eigenvalue weighted by molar-refractivity contribution is 7.16. The van der Waals surface area contributed by atoms with Gasteiger partial charge in [-0.15, -0.1) is 0 Å². The predicted octanol–water partition coefficient (Wildman–Crippen LogP) is 4.53. The van der Waals surface area contributed by atoms with Crippen LogP contribution in [0.3, 0.4) is 0 Å². The highest BCUT2D eigenvalue weighted by Crippen LogP contribution is 2.25. The van der Waals surface area contributed by atoms with Gasteiger partial charge < -0.3 is 18.5 Å². The molecule has 0 saturated heterocycles. The maximum absolute atomic E-state index is 13.2. The minimum absolute atomic E-state index is 0.151. The lowest BCUT2D eigenvalue weighted by Gasteiger charge is -2.06. The number of benzene rings is 3. The Bertz CT molecular complexity index is 1760. The number of fused-ring (bicyclic) bond motifs is 4. The van der Waals surface area contributed by atoms with Crippen LogP contribution in [0.25, 0.3) is 32.0 Å². The summed E-state index contributed by atoms with van der Waals surface area (Å²) in [5, 5.41) is 2.50. The molecule has 0 saturated carbocycles. The van der Waals surface area contributed by atoms with Crippen molar-refractivity contribution in [3.05, 3.63) is 87.0 Å². The van der Waals surface area contributed by atoms with E-state index in [2.05, 4.69) is 4.99 Å². The fraction of sp³-hybridized carbons (Fsp3) is 0.185. The van der Waals surface area contributed by atoms with Gasteiger partial charge in [-0.25, -0.2) is 9.59 Å². The second-order valence-corrected chi connectivity index (χ2v) is 9.00. The number of amides is 1. The molecule has 5 aromatic rings. The number of rotatable bonds is 6. The van der Waals surface area contributed by atoms with Crippen LogP contribution in [0.2, 0.25) is 0 Å². The van der Waals surface area contributed by atoms with E-state index in [-0.39, 0.29) is 12.2 Å². The summed E-state index contributed by atoms with van der Waals surface area (Å²) in [7, 11) is 1.58. The fourth-order valence-electron chi connectivity index (χ4n) is 4.07. The molecule has 0 unspecified atom stereocenters. The molecule has 0 aliphatic rings. The molecule has 0 bridgehead atoms. The lowest BCUT2D eigenvalue weighted by molar-refractivity contribution is 0.0526. The van der Waals surface area contributed by atoms with Gasteiger partial charge in [0.1, 0.15) is 11.1 Å². The Balaban J connectivity index is 1.65. The number of methoxy groups -OCH3 is 1. The zero-order valence-electron chi connectivity index (χ0n) is 19.6. The number of thiazole rings is 1. The molecule has 1 amide bonds. The lowest BCUT2D eigenvalue weighted by Crippen LogP contribution is -2.21. The third kappa shape index (κ3) is 4.34. The number of hydrogen-bond acceptors (Lipinski definition) is 7. The van der Waals surface area contributed by atoms with Crippen LogP contribution in [0.15, 0.2) is 74.9 Å². The van der Waals surface area contributed by atoms with Crippen molar-refractivity contribution in [2.75, 3.05) is 20.3 Å². The number of hydrogen-bond donors (Lipinski definition) is 0. The van der Waals surface area contributed by atoms with Crippen molar-refractivity contribution >= 4 is 55.2 Å². The van der Waals surface area contributed by atoms with E-state index in [9.17, 15) is 14.4 Å². The van der Waals surface area contributed by atoms with Crippen LogP contribution in [0.4, 0.5) is 0 Å². The molecule has 0 radical (unpaired) electrons. The van der Waals surface area contributed by atoms with Gasteiger partial charge in [0.15, 0.2) is 4.80 Å². The Morgan fingerprint density at radius 3 is 2.69 bits per heavy atom. The standard InChI is InChI=1S/C27H22N2O6S/c1-3-34-25(31)17-8-10-21-23(14-17)36-27(29(21)12-13-33-2)28-24(30)20-15-19-18-7-5-4-6-16(18)9-11-22(19)35-26(20)32/h4-11,14-15H,3,12-13H2,1-2H3. The molecule has 36 heavy (non-hydrogen) atoms. The number of aromatic nitrogens is 1. The third-order valence-electron chi connectivity index (χ3n) is 5.78. The predicted molar refractivity (Wildman–Crippen MR) is 138 cm³/mol. The topological polar surface area (TPSA) is 100 Å². The Kier molecular flexibility index (Phi) is 6.49. The third-order valence-corrected chi connectivity index (χ3v) is 6.82. The van der Waals surface area contributed by atoms with Gasteiger partial charge >= 0.3 is 11.6 Å². The van der Waals surface area contributed by atoms with E-state index in [4.69, 9.17) is 13.9 Å². The Hall–Kier alpha value is -4.08. The second kappa shape index (κ2) is 9.88. The first-order chi connectivity index (χ1) is 17.5. The second-order valence-electron chi connectivity index (χ2n) is 8.00. The fourth-order valence-corrected chi connectivity index (χ4v) is 5.16. The van der Waals surface area contributed by atoms with Gasteiger partial charge in [0.25, 0.3) is 5.91 Å². The van der Waals surface area contributed by atoms with E-state index < -0.39 is 17.5 Å². The van der Waals surface area contributed by atoms with Gasteiger partial charge in [-0.1, -0.05) is 41.7 Å². The molecule has 9 heteroatoms. The summed E-state index contributed by atoms with van der Waals surface area (Å²) in [4.78, 5) is 42.8. The van der Waals surface area contributed by atoms with Crippen LogP contribution < -0.4 is 10.4 Å². The van der Waals surface area contributed by atoms with Gasteiger partial charge in [-0.3, -0.25) is 4.79 Å². The van der Waals surface area contributed by atoms with E-state index in [1.165, 1.54) is 11.3 Å². The van der Waals surface area contributed by atoms with Crippen LogP contribution in [-0.4, -0.2) is 36.8 Å². The monoisotopic (exact) mass is 502 g/mol. The molecule has 2 heterocycles. The Labute approximate surface area is 209 Å². The van der Waals surface area contributed by atoms with Crippen LogP contribution in [0.5, 0.6) is 0 Å². The summed E-state index contributed by atoms with van der Waals surface area (Å²) in [6, 6.07) is 18.0. The van der Waals surface area contributed by atoms with Gasteiger partial charge in [-0.2, -0.15) is 4.99 Å². The minimum atomic E-state index is -0.749. The maximum Gasteiger partial charge on any atom is 0.349 e. The maximum atomic E-state index is 13.2. The van der Waals surface area contributed by atoms with E-state index in [1.807, 2.05) is 34.9 Å². The first-order valence-corrected chi connectivity index (χ1v) is 12.2. The van der Waals surface area contributed by atoms with E-state index in [0.717, 1.165) is 21.0 Å². The van der Waals surface area contributed by atoms with Crippen molar-refractivity contribution < 1.29 is 23.5 Å². The van der Waals surface area contributed by atoms with Crippen LogP contribution in [0.1, 0.15) is 27.6 Å². The SMILES string of the molecule is CCOC(=O)c1ccc2c(c1)sc(=NC(=O)c1cc3c(ccc4ccccc43)oc1=O)n2CCOC. The minimum Gasteiger partial charge on any atom is -0.462 e. The van der Waals surface area contributed by atoms with Crippen molar-refractivity contribution in [1.82, 2.24) is 4.57 Å². The summed E-state index contributed by atoms with van der Waals surface area (Å²) in [6.07, 6.45) is 0. The summed E-state index contributed by atoms with van der Waals surface area (Å²) in [6.45, 7) is 2.83. The molecule has 182 valence electrons. The van der Waals surface area contributed by atoms with E-state index in [1.54, 1.807) is 44.4 Å². The van der Waals surface area contributed by atoms with Crippen molar-refractivity contribution in [3.8, 4) is 0 Å². The highest BCUT2D eigenvalue weighted by Gasteiger charge is 2.17. The quantitative estimate of drug-likeness (QED) is 0.192. The molecule has 0 aliphatic carbocycles. The average molecular weight is 503 g/mol. The molecule has 0 N–H and O–H groups in total. The largest absolute Gasteiger partial charge is 0.462 e. The average Bonchev–Trinajstić information content (AvgIpc) is 3.22. The molecule has 2 aromatic heterocycles. The molecule has 0 aliphatic heterocycles. The summed E-state index contributed by atoms with van der Waals surface area (Å²) < 4.78 is 18.4. The Morgan fingerprint density at radius 1 is 1.06 bits per heavy atom. The van der Waals surface area contributed by atoms with Crippen LogP contribution >= 0.6 is 11.3 Å². The first-order valence-electron chi connectivity index (χ1n) is 11.3. The summed E-state index contributed by atoms with van der Waals surface area (Å²) >= 11 is 1.24. The van der Waals surface area contributed by atoms with Gasteiger partial charge in [0.05, 0.1) is 29.0 Å². The number of carbonyl (C=O) groups excluding carboxylic acids is 2. The van der Waals surface area contributed by atoms with Crippen molar-refractivity contribution in [2.45, 2.75) is 13.5 Å². The molecule has 0 spiro atoms. The van der Waals surface area contributed by atoms with Crippen molar-refractivity contribution in [3.63, 3.8) is 0 Å². The van der Waals surface area contributed by atoms with Gasteiger partial charge in [-0.05, 0) is 48.0 Å². The number of ether oxygens (including phenoxy) is 2. The molecule has 8 nitrogen and oxygen atoms in total. The Morgan fingerprint density at radius 2 is 1.89 bits per heavy atom.